The lowest BCUT2D eigenvalue weighted by Crippen LogP contribution is -2.18. The number of hydrogen-bond donors (Lipinski definition) is 1. The molecule has 0 saturated carbocycles. The first-order chi connectivity index (χ1) is 14.2. The molecule has 9 heteroatoms. The van der Waals surface area contributed by atoms with E-state index in [9.17, 15) is 4.79 Å². The van der Waals surface area contributed by atoms with Crippen LogP contribution in [0.25, 0.3) is 16.9 Å². The van der Waals surface area contributed by atoms with Crippen molar-refractivity contribution in [3.05, 3.63) is 82.0 Å². The van der Waals surface area contributed by atoms with Gasteiger partial charge in [-0.25, -0.2) is 19.9 Å². The average molecular weight is 385 g/mol. The highest BCUT2D eigenvalue weighted by molar-refractivity contribution is 5.60. The van der Waals surface area contributed by atoms with Crippen molar-refractivity contribution < 1.29 is 4.74 Å². The largest absolute Gasteiger partial charge is 0.473 e. The molecule has 0 aliphatic carbocycles. The lowest BCUT2D eigenvalue weighted by Gasteiger charge is -2.12. The van der Waals surface area contributed by atoms with Gasteiger partial charge in [0.15, 0.2) is 0 Å². The first kappa shape index (κ1) is 18.1. The highest BCUT2D eigenvalue weighted by atomic mass is 16.5. The second-order valence-electron chi connectivity index (χ2n) is 6.21. The molecule has 4 rings (SSSR count). The van der Waals surface area contributed by atoms with Crippen LogP contribution in [0.2, 0.25) is 0 Å². The molecular weight excluding hydrogens is 370 g/mol. The molecule has 4 aromatic rings. The summed E-state index contributed by atoms with van der Waals surface area (Å²) in [6, 6.07) is 16.4. The van der Waals surface area contributed by atoms with Crippen LogP contribution in [0.1, 0.15) is 16.7 Å². The van der Waals surface area contributed by atoms with Gasteiger partial charge in [0.05, 0.1) is 23.0 Å². The van der Waals surface area contributed by atoms with Crippen LogP contribution in [0.5, 0.6) is 5.88 Å². The van der Waals surface area contributed by atoms with Crippen LogP contribution in [-0.2, 0) is 6.61 Å². The van der Waals surface area contributed by atoms with Gasteiger partial charge in [0.25, 0.3) is 0 Å². The van der Waals surface area contributed by atoms with Crippen molar-refractivity contribution in [2.75, 3.05) is 0 Å². The number of hydrogen-bond acceptors (Lipinski definition) is 7. The minimum absolute atomic E-state index is 0.186. The number of aryl methyl sites for hydroxylation is 1. The van der Waals surface area contributed by atoms with Crippen molar-refractivity contribution in [3.8, 4) is 28.9 Å². The van der Waals surface area contributed by atoms with Gasteiger partial charge in [0, 0.05) is 17.2 Å². The minimum atomic E-state index is -0.429. The number of nitrogens with one attached hydrogen (secondary N) is 1. The summed E-state index contributed by atoms with van der Waals surface area (Å²) in [6.07, 6.45) is 1.42. The molecular formula is C20H15N7O2. The zero-order valence-electron chi connectivity index (χ0n) is 15.4. The Labute approximate surface area is 165 Å². The Hall–Kier alpha value is -4.32. The maximum Gasteiger partial charge on any atom is 0.365 e. The SMILES string of the molecule is Cc1cccc(-n2nn[nH]c2=O)c1COc1cc(-c2ccc(C#N)cc2)ncn1. The Balaban J connectivity index is 1.60. The van der Waals surface area contributed by atoms with E-state index in [2.05, 4.69) is 31.6 Å². The van der Waals surface area contributed by atoms with E-state index in [0.717, 1.165) is 16.7 Å². The van der Waals surface area contributed by atoms with Gasteiger partial charge >= 0.3 is 5.69 Å². The Bertz CT molecular complexity index is 1250. The molecule has 142 valence electrons. The molecule has 1 N–H and O–H groups in total. The van der Waals surface area contributed by atoms with Crippen molar-refractivity contribution in [2.24, 2.45) is 0 Å². The number of nitriles is 1. The van der Waals surface area contributed by atoms with Crippen molar-refractivity contribution in [2.45, 2.75) is 13.5 Å². The van der Waals surface area contributed by atoms with Crippen LogP contribution >= 0.6 is 0 Å². The van der Waals surface area contributed by atoms with Gasteiger partial charge in [0.1, 0.15) is 12.9 Å². The summed E-state index contributed by atoms with van der Waals surface area (Å²) in [5, 5.41) is 18.6. The predicted molar refractivity (Wildman–Crippen MR) is 103 cm³/mol. The van der Waals surface area contributed by atoms with Crippen LogP contribution < -0.4 is 10.4 Å². The normalized spacial score (nSPS) is 10.5. The van der Waals surface area contributed by atoms with Crippen LogP contribution in [-0.4, -0.2) is 30.2 Å². The third kappa shape index (κ3) is 3.72. The lowest BCUT2D eigenvalue weighted by atomic mass is 10.1. The quantitative estimate of drug-likeness (QED) is 0.558. The monoisotopic (exact) mass is 385 g/mol. The summed E-state index contributed by atoms with van der Waals surface area (Å²) < 4.78 is 7.07. The number of ether oxygens (including phenoxy) is 1. The van der Waals surface area contributed by atoms with Gasteiger partial charge in [-0.3, -0.25) is 0 Å². The number of rotatable bonds is 5. The fraction of sp³-hybridized carbons (Fsp3) is 0.100. The minimum Gasteiger partial charge on any atom is -0.473 e. The second kappa shape index (κ2) is 7.74. The number of tetrazole rings is 1. The van der Waals surface area contributed by atoms with Crippen LogP contribution in [0.15, 0.2) is 59.7 Å². The Kier molecular flexibility index (Phi) is 4.82. The molecule has 0 atom stereocenters. The Morgan fingerprint density at radius 3 is 2.72 bits per heavy atom. The highest BCUT2D eigenvalue weighted by Crippen LogP contribution is 2.22. The second-order valence-corrected chi connectivity index (χ2v) is 6.21. The van der Waals surface area contributed by atoms with E-state index >= 15 is 0 Å². The zero-order chi connectivity index (χ0) is 20.2. The number of nitrogens with zero attached hydrogens (tertiary/aromatic N) is 6. The van der Waals surface area contributed by atoms with E-state index in [1.54, 1.807) is 24.3 Å². The maximum absolute atomic E-state index is 11.9. The first-order valence-corrected chi connectivity index (χ1v) is 8.70. The summed E-state index contributed by atoms with van der Waals surface area (Å²) >= 11 is 0. The van der Waals surface area contributed by atoms with E-state index in [1.807, 2.05) is 31.2 Å². The van der Waals surface area contributed by atoms with Crippen molar-refractivity contribution in [3.63, 3.8) is 0 Å². The van der Waals surface area contributed by atoms with Crippen LogP contribution in [0.4, 0.5) is 0 Å². The first-order valence-electron chi connectivity index (χ1n) is 8.70. The molecule has 0 fully saturated rings. The van der Waals surface area contributed by atoms with Gasteiger partial charge in [-0.2, -0.15) is 9.94 Å². The van der Waals surface area contributed by atoms with E-state index in [1.165, 1.54) is 11.0 Å². The molecule has 2 aromatic heterocycles. The van der Waals surface area contributed by atoms with Crippen LogP contribution in [0, 0.1) is 18.3 Å². The number of benzene rings is 2. The molecule has 0 saturated heterocycles. The summed E-state index contributed by atoms with van der Waals surface area (Å²) in [4.78, 5) is 20.3. The van der Waals surface area contributed by atoms with Gasteiger partial charge < -0.3 is 4.74 Å². The Morgan fingerprint density at radius 1 is 1.17 bits per heavy atom. The van der Waals surface area contributed by atoms with Gasteiger partial charge in [0.2, 0.25) is 5.88 Å². The molecule has 0 bridgehead atoms. The fourth-order valence-corrected chi connectivity index (χ4v) is 2.87. The van der Waals surface area contributed by atoms with Gasteiger partial charge in [-0.15, -0.1) is 0 Å². The van der Waals surface area contributed by atoms with Crippen molar-refractivity contribution >= 4 is 0 Å². The third-order valence-electron chi connectivity index (χ3n) is 4.40. The number of aromatic nitrogens is 6. The van der Waals surface area contributed by atoms with Crippen molar-refractivity contribution in [1.82, 2.24) is 30.2 Å². The molecule has 0 aliphatic rings. The molecule has 9 nitrogen and oxygen atoms in total. The topological polar surface area (TPSA) is 122 Å². The summed E-state index contributed by atoms with van der Waals surface area (Å²) in [5.41, 5.74) is 4.00. The maximum atomic E-state index is 11.9. The molecule has 0 spiro atoms. The summed E-state index contributed by atoms with van der Waals surface area (Å²) in [6.45, 7) is 2.11. The van der Waals surface area contributed by atoms with E-state index in [-0.39, 0.29) is 6.61 Å². The Morgan fingerprint density at radius 2 is 2.00 bits per heavy atom. The van der Waals surface area contributed by atoms with Crippen molar-refractivity contribution in [1.29, 1.82) is 5.26 Å². The summed E-state index contributed by atoms with van der Waals surface area (Å²) in [7, 11) is 0. The third-order valence-corrected chi connectivity index (χ3v) is 4.40. The predicted octanol–water partition coefficient (Wildman–Crippen LogP) is 2.17. The van der Waals surface area contributed by atoms with Crippen LogP contribution in [0.3, 0.4) is 0 Å². The lowest BCUT2D eigenvalue weighted by molar-refractivity contribution is 0.292. The van der Waals surface area contributed by atoms with E-state index < -0.39 is 5.69 Å². The van der Waals surface area contributed by atoms with Gasteiger partial charge in [-0.05, 0) is 41.1 Å². The van der Waals surface area contributed by atoms with E-state index in [4.69, 9.17) is 10.00 Å². The molecule has 0 radical (unpaired) electrons. The smallest absolute Gasteiger partial charge is 0.365 e. The molecule has 2 aromatic carbocycles. The number of H-pyrrole nitrogens is 1. The number of aromatic amines is 1. The summed E-state index contributed by atoms with van der Waals surface area (Å²) in [5.74, 6) is 0.390. The van der Waals surface area contributed by atoms with Gasteiger partial charge in [-0.1, -0.05) is 24.3 Å². The molecule has 0 aliphatic heterocycles. The molecule has 29 heavy (non-hydrogen) atoms. The molecule has 2 heterocycles. The highest BCUT2D eigenvalue weighted by Gasteiger charge is 2.13. The van der Waals surface area contributed by atoms with E-state index in [0.29, 0.717) is 22.8 Å². The zero-order valence-corrected chi connectivity index (χ0v) is 15.4. The molecule has 0 amide bonds. The average Bonchev–Trinajstić information content (AvgIpc) is 3.18. The molecule has 0 unspecified atom stereocenters. The fourth-order valence-electron chi connectivity index (χ4n) is 2.87. The standard InChI is InChI=1S/C20H15N7O2/c1-13-3-2-4-18(27-20(28)24-25-26-27)16(13)11-29-19-9-17(22-12-23-19)15-7-5-14(10-21)6-8-15/h2-9,12H,11H2,1H3,(H,24,26,28).